The van der Waals surface area contributed by atoms with Crippen molar-refractivity contribution < 1.29 is 18.9 Å². The van der Waals surface area contributed by atoms with Crippen molar-refractivity contribution in [3.63, 3.8) is 0 Å². The van der Waals surface area contributed by atoms with Crippen molar-refractivity contribution >= 4 is 28.3 Å². The van der Waals surface area contributed by atoms with Gasteiger partial charge < -0.3 is 18.9 Å². The van der Waals surface area contributed by atoms with Crippen LogP contribution >= 0.6 is 0 Å². The lowest BCUT2D eigenvalue weighted by Gasteiger charge is -2.23. The van der Waals surface area contributed by atoms with Crippen molar-refractivity contribution in [2.75, 3.05) is 0 Å². The molecule has 0 bridgehead atoms. The highest BCUT2D eigenvalue weighted by Crippen LogP contribution is 2.11. The summed E-state index contributed by atoms with van der Waals surface area (Å²) < 4.78 is 10.6. The van der Waals surface area contributed by atoms with E-state index >= 15 is 0 Å². The number of carboxylic acid groups (broad SMARTS) is 1. The van der Waals surface area contributed by atoms with Crippen LogP contribution in [0.1, 0.15) is 0 Å². The van der Waals surface area contributed by atoms with Crippen molar-refractivity contribution in [1.82, 2.24) is 0 Å². The first kappa shape index (κ1) is 15.9. The van der Waals surface area contributed by atoms with Crippen LogP contribution in [0.15, 0.2) is 17.5 Å². The zero-order chi connectivity index (χ0) is 13.9. The molecule has 0 amide bonds. The molecule has 0 heterocycles. The zero-order valence-electron chi connectivity index (χ0n) is 11.3. The molecule has 0 rings (SSSR count). The van der Waals surface area contributed by atoms with Crippen molar-refractivity contribution in [3.8, 4) is 0 Å². The Hall–Kier alpha value is -1.09. The van der Waals surface area contributed by atoms with Gasteiger partial charge >= 0.3 is 0 Å². The summed E-state index contributed by atoms with van der Waals surface area (Å²) in [5.41, 5.74) is -0.366. The number of nitrogens with zero attached hydrogens (tertiary/aromatic N) is 1. The fourth-order valence-corrected chi connectivity index (χ4v) is 2.00. The van der Waals surface area contributed by atoms with Gasteiger partial charge in [0.15, 0.2) is 5.71 Å². The minimum atomic E-state index is -1.93. The van der Waals surface area contributed by atoms with Gasteiger partial charge in [-0.3, -0.25) is 0 Å². The molecule has 17 heavy (non-hydrogen) atoms. The molecule has 0 atom stereocenters. The summed E-state index contributed by atoms with van der Waals surface area (Å²) in [6, 6.07) is 0. The van der Waals surface area contributed by atoms with Gasteiger partial charge in [-0.15, -0.1) is 0 Å². The Labute approximate surface area is 104 Å². The fourth-order valence-electron chi connectivity index (χ4n) is 0.803. The van der Waals surface area contributed by atoms with Gasteiger partial charge in [0.1, 0.15) is 5.76 Å². The molecule has 0 aliphatic carbocycles. The lowest BCUT2D eigenvalue weighted by atomic mass is 10.3. The van der Waals surface area contributed by atoms with Crippen LogP contribution in [-0.2, 0) is 13.7 Å². The molecule has 0 unspecified atom stereocenters. The number of rotatable bonds is 6. The average molecular weight is 274 g/mol. The fraction of sp³-hybridized carbons (Fsp3) is 0.600. The van der Waals surface area contributed by atoms with E-state index in [-0.39, 0.29) is 11.5 Å². The van der Waals surface area contributed by atoms with E-state index in [1.54, 1.807) is 0 Å². The standard InChI is InChI=1S/C10H21NO4Si2/c1-8(14-16(2,3)4)9(10(12)13)11-15-17(5,6)7/h1H2,2-7H3,(H,12,13)/p-1/b11-9-. The third-order valence-corrected chi connectivity index (χ3v) is 2.80. The third kappa shape index (κ3) is 7.75. The molecule has 98 valence electrons. The molecule has 0 radical (unpaired) electrons. The molecule has 0 spiro atoms. The van der Waals surface area contributed by atoms with E-state index in [0.29, 0.717) is 0 Å². The molecule has 0 aromatic carbocycles. The minimum Gasteiger partial charge on any atom is -0.543 e. The Morgan fingerprint density at radius 3 is 1.88 bits per heavy atom. The van der Waals surface area contributed by atoms with E-state index < -0.39 is 22.6 Å². The number of carbonyl (C=O) groups excluding carboxylic acids is 1. The van der Waals surface area contributed by atoms with Crippen LogP contribution in [0.3, 0.4) is 0 Å². The van der Waals surface area contributed by atoms with E-state index in [9.17, 15) is 9.90 Å². The quantitative estimate of drug-likeness (QED) is 0.317. The first-order valence-electron chi connectivity index (χ1n) is 5.28. The maximum atomic E-state index is 10.9. The molecule has 0 aliphatic rings. The normalized spacial score (nSPS) is 13.2. The molecule has 0 saturated heterocycles. The van der Waals surface area contributed by atoms with Crippen LogP contribution in [0.5, 0.6) is 0 Å². The highest BCUT2D eigenvalue weighted by atomic mass is 28.4. The maximum Gasteiger partial charge on any atom is 0.278 e. The minimum absolute atomic E-state index is 0.00224. The Kier molecular flexibility index (Phi) is 5.15. The summed E-state index contributed by atoms with van der Waals surface area (Å²) >= 11 is 0. The predicted octanol–water partition coefficient (Wildman–Crippen LogP) is 1.31. The van der Waals surface area contributed by atoms with Crippen LogP contribution in [0.4, 0.5) is 0 Å². The number of aliphatic carboxylic acids is 1. The van der Waals surface area contributed by atoms with E-state index in [1.165, 1.54) is 0 Å². The van der Waals surface area contributed by atoms with Crippen molar-refractivity contribution in [3.05, 3.63) is 12.3 Å². The third-order valence-electron chi connectivity index (χ3n) is 1.30. The van der Waals surface area contributed by atoms with Crippen LogP contribution < -0.4 is 5.11 Å². The molecule has 0 saturated carbocycles. The van der Waals surface area contributed by atoms with Gasteiger partial charge in [-0.05, 0) is 39.3 Å². The second-order valence-corrected chi connectivity index (χ2v) is 14.4. The van der Waals surface area contributed by atoms with Crippen LogP contribution in [-0.4, -0.2) is 28.3 Å². The molecular formula is C10H20NO4Si2-. The highest BCUT2D eigenvalue weighted by molar-refractivity contribution is 6.70. The van der Waals surface area contributed by atoms with Crippen LogP contribution in [0, 0.1) is 0 Å². The lowest BCUT2D eigenvalue weighted by molar-refractivity contribution is -0.294. The van der Waals surface area contributed by atoms with Gasteiger partial charge in [-0.25, -0.2) is 0 Å². The van der Waals surface area contributed by atoms with Gasteiger partial charge in [0.05, 0.1) is 5.97 Å². The summed E-state index contributed by atoms with van der Waals surface area (Å²) in [7, 11) is -3.85. The summed E-state index contributed by atoms with van der Waals surface area (Å²) in [5.74, 6) is -1.44. The monoisotopic (exact) mass is 274 g/mol. The SMILES string of the molecule is C=C(O[Si](C)(C)C)/C(=N/O[Si](C)(C)C)C(=O)[O-]. The Balaban J connectivity index is 4.88. The van der Waals surface area contributed by atoms with E-state index in [0.717, 1.165) is 0 Å². The summed E-state index contributed by atoms with van der Waals surface area (Å²) in [4.78, 5) is 10.9. The van der Waals surface area contributed by atoms with Gasteiger partial charge in [-0.1, -0.05) is 11.7 Å². The Bertz CT molecular complexity index is 339. The number of hydrogen-bond donors (Lipinski definition) is 0. The molecule has 0 aliphatic heterocycles. The number of hydrogen-bond acceptors (Lipinski definition) is 5. The average Bonchev–Trinajstić information content (AvgIpc) is 1.96. The Morgan fingerprint density at radius 2 is 1.59 bits per heavy atom. The molecule has 5 nitrogen and oxygen atoms in total. The van der Waals surface area contributed by atoms with E-state index in [4.69, 9.17) is 8.95 Å². The predicted molar refractivity (Wildman–Crippen MR) is 70.4 cm³/mol. The molecule has 0 aromatic rings. The number of oxime groups is 1. The molecule has 7 heteroatoms. The van der Waals surface area contributed by atoms with E-state index in [2.05, 4.69) is 11.7 Å². The largest absolute Gasteiger partial charge is 0.543 e. The van der Waals surface area contributed by atoms with Gasteiger partial charge in [0.2, 0.25) is 8.32 Å². The molecule has 0 aromatic heterocycles. The van der Waals surface area contributed by atoms with Crippen molar-refractivity contribution in [1.29, 1.82) is 0 Å². The maximum absolute atomic E-state index is 10.9. The topological polar surface area (TPSA) is 71.0 Å². The summed E-state index contributed by atoms with van der Waals surface area (Å²) in [6.07, 6.45) is 0. The van der Waals surface area contributed by atoms with Crippen molar-refractivity contribution in [2.24, 2.45) is 5.16 Å². The highest BCUT2D eigenvalue weighted by Gasteiger charge is 2.22. The molecule has 0 fully saturated rings. The zero-order valence-corrected chi connectivity index (χ0v) is 13.3. The van der Waals surface area contributed by atoms with Crippen LogP contribution in [0.2, 0.25) is 39.3 Å². The van der Waals surface area contributed by atoms with Gasteiger partial charge in [0, 0.05) is 0 Å². The first-order chi connectivity index (χ1) is 7.42. The smallest absolute Gasteiger partial charge is 0.278 e. The summed E-state index contributed by atoms with van der Waals surface area (Å²) in [5, 5.41) is 14.5. The lowest BCUT2D eigenvalue weighted by Crippen LogP contribution is -2.37. The summed E-state index contributed by atoms with van der Waals surface area (Å²) in [6.45, 7) is 15.0. The second-order valence-electron chi connectivity index (χ2n) is 5.57. The first-order valence-corrected chi connectivity index (χ1v) is 12.1. The number of carboxylic acids is 1. The molecular weight excluding hydrogens is 254 g/mol. The van der Waals surface area contributed by atoms with E-state index in [1.807, 2.05) is 39.3 Å². The number of carbonyl (C=O) groups is 1. The van der Waals surface area contributed by atoms with Crippen LogP contribution in [0.25, 0.3) is 0 Å². The van der Waals surface area contributed by atoms with Gasteiger partial charge in [0.25, 0.3) is 8.32 Å². The van der Waals surface area contributed by atoms with Crippen molar-refractivity contribution in [2.45, 2.75) is 39.3 Å². The second kappa shape index (κ2) is 5.50. The van der Waals surface area contributed by atoms with Gasteiger partial charge in [-0.2, -0.15) is 0 Å². The Morgan fingerprint density at radius 1 is 1.12 bits per heavy atom. The molecule has 0 N–H and O–H groups in total.